The quantitative estimate of drug-likeness (QED) is 0.787. The molecule has 0 aliphatic carbocycles. The second kappa shape index (κ2) is 7.01. The summed E-state index contributed by atoms with van der Waals surface area (Å²) >= 11 is 0. The summed E-state index contributed by atoms with van der Waals surface area (Å²) in [5.74, 6) is 0.875. The smallest absolute Gasteiger partial charge is 0.222 e. The zero-order valence-electron chi connectivity index (χ0n) is 11.2. The molecular formula is C14H21NO3. The van der Waals surface area contributed by atoms with Crippen LogP contribution in [0.15, 0.2) is 24.3 Å². The lowest BCUT2D eigenvalue weighted by atomic mass is 10.1. The van der Waals surface area contributed by atoms with E-state index in [1.807, 2.05) is 24.3 Å². The number of ether oxygens (including phenoxy) is 1. The number of hydrogen-bond donors (Lipinski definition) is 1. The van der Waals surface area contributed by atoms with Gasteiger partial charge >= 0.3 is 0 Å². The summed E-state index contributed by atoms with van der Waals surface area (Å²) in [5.41, 5.74) is 0.866. The van der Waals surface area contributed by atoms with Gasteiger partial charge < -0.3 is 14.7 Å². The van der Waals surface area contributed by atoms with Crippen molar-refractivity contribution in [3.8, 4) is 5.75 Å². The molecule has 0 aliphatic rings. The van der Waals surface area contributed by atoms with Crippen molar-refractivity contribution in [2.45, 2.75) is 25.9 Å². The van der Waals surface area contributed by atoms with Gasteiger partial charge in [-0.25, -0.2) is 0 Å². The van der Waals surface area contributed by atoms with Crippen LogP contribution in [0, 0.1) is 0 Å². The van der Waals surface area contributed by atoms with Crippen molar-refractivity contribution in [1.29, 1.82) is 0 Å². The van der Waals surface area contributed by atoms with Crippen molar-refractivity contribution in [3.63, 3.8) is 0 Å². The molecule has 0 saturated carbocycles. The highest BCUT2D eigenvalue weighted by molar-refractivity contribution is 5.75. The number of amides is 1. The van der Waals surface area contributed by atoms with Gasteiger partial charge in [0.15, 0.2) is 0 Å². The molecule has 0 unspecified atom stereocenters. The zero-order chi connectivity index (χ0) is 13.5. The fourth-order valence-corrected chi connectivity index (χ4v) is 1.48. The van der Waals surface area contributed by atoms with Gasteiger partial charge in [0.2, 0.25) is 5.91 Å². The van der Waals surface area contributed by atoms with E-state index in [1.165, 1.54) is 0 Å². The Labute approximate surface area is 108 Å². The molecule has 1 rings (SSSR count). The highest BCUT2D eigenvalue weighted by atomic mass is 16.5. The second-order valence-corrected chi connectivity index (χ2v) is 4.49. The Morgan fingerprint density at radius 3 is 2.44 bits per heavy atom. The molecule has 1 aromatic carbocycles. The van der Waals surface area contributed by atoms with Crippen molar-refractivity contribution >= 4 is 5.91 Å². The van der Waals surface area contributed by atoms with Crippen LogP contribution < -0.4 is 4.74 Å². The van der Waals surface area contributed by atoms with Crippen molar-refractivity contribution in [2.24, 2.45) is 0 Å². The minimum Gasteiger partial charge on any atom is -0.494 e. The Morgan fingerprint density at radius 1 is 1.33 bits per heavy atom. The first kappa shape index (κ1) is 14.5. The van der Waals surface area contributed by atoms with Gasteiger partial charge in [0.1, 0.15) is 5.75 Å². The van der Waals surface area contributed by atoms with E-state index in [1.54, 1.807) is 25.9 Å². The predicted octanol–water partition coefficient (Wildman–Crippen LogP) is 1.99. The molecule has 18 heavy (non-hydrogen) atoms. The lowest BCUT2D eigenvalue weighted by molar-refractivity contribution is -0.128. The van der Waals surface area contributed by atoms with E-state index < -0.39 is 6.10 Å². The number of aliphatic hydroxyl groups is 1. The predicted molar refractivity (Wildman–Crippen MR) is 70.5 cm³/mol. The van der Waals surface area contributed by atoms with E-state index in [-0.39, 0.29) is 5.91 Å². The molecule has 0 saturated heterocycles. The van der Waals surface area contributed by atoms with Crippen LogP contribution in [0.2, 0.25) is 0 Å². The summed E-state index contributed by atoms with van der Waals surface area (Å²) in [5, 5.41) is 9.36. The number of nitrogens with zero attached hydrogens (tertiary/aromatic N) is 1. The molecule has 0 aromatic heterocycles. The van der Waals surface area contributed by atoms with E-state index in [0.717, 1.165) is 11.3 Å². The maximum absolute atomic E-state index is 11.3. The number of carbonyl (C=O) groups excluding carboxylic acids is 1. The minimum atomic E-state index is -0.461. The van der Waals surface area contributed by atoms with Crippen molar-refractivity contribution < 1.29 is 14.6 Å². The summed E-state index contributed by atoms with van der Waals surface area (Å²) in [6.07, 6.45) is 0.741. The third kappa shape index (κ3) is 4.75. The lowest BCUT2D eigenvalue weighted by Gasteiger charge is -2.11. The summed E-state index contributed by atoms with van der Waals surface area (Å²) in [4.78, 5) is 12.9. The molecule has 1 atom stereocenters. The molecule has 0 aliphatic heterocycles. The van der Waals surface area contributed by atoms with Crippen LogP contribution >= 0.6 is 0 Å². The zero-order valence-corrected chi connectivity index (χ0v) is 11.2. The third-order valence-corrected chi connectivity index (χ3v) is 2.67. The van der Waals surface area contributed by atoms with Crippen LogP contribution in [0.5, 0.6) is 5.75 Å². The first-order chi connectivity index (χ1) is 8.50. The van der Waals surface area contributed by atoms with Gasteiger partial charge in [-0.2, -0.15) is 0 Å². The minimum absolute atomic E-state index is 0.114. The van der Waals surface area contributed by atoms with Crippen LogP contribution in [0.25, 0.3) is 0 Å². The van der Waals surface area contributed by atoms with Crippen molar-refractivity contribution in [1.82, 2.24) is 4.90 Å². The summed E-state index contributed by atoms with van der Waals surface area (Å²) in [6, 6.07) is 7.33. The molecule has 0 bridgehead atoms. The van der Waals surface area contributed by atoms with Gasteiger partial charge in [-0.15, -0.1) is 0 Å². The van der Waals surface area contributed by atoms with Gasteiger partial charge in [-0.3, -0.25) is 4.79 Å². The molecule has 0 heterocycles. The Balaban J connectivity index is 2.29. The van der Waals surface area contributed by atoms with E-state index >= 15 is 0 Å². The Kier molecular flexibility index (Phi) is 5.65. The first-order valence-electron chi connectivity index (χ1n) is 6.11. The number of carbonyl (C=O) groups is 1. The van der Waals surface area contributed by atoms with Crippen molar-refractivity contribution in [3.05, 3.63) is 29.8 Å². The summed E-state index contributed by atoms with van der Waals surface area (Å²) < 4.78 is 5.52. The summed E-state index contributed by atoms with van der Waals surface area (Å²) in [6.45, 7) is 2.25. The molecule has 100 valence electrons. The third-order valence-electron chi connectivity index (χ3n) is 2.67. The fourth-order valence-electron chi connectivity index (χ4n) is 1.48. The van der Waals surface area contributed by atoms with Gasteiger partial charge in [0.05, 0.1) is 12.7 Å². The van der Waals surface area contributed by atoms with E-state index in [0.29, 0.717) is 19.4 Å². The van der Waals surface area contributed by atoms with E-state index in [2.05, 4.69) is 0 Å². The normalized spacial score (nSPS) is 12.0. The Bertz CT molecular complexity index is 371. The molecule has 0 spiro atoms. The highest BCUT2D eigenvalue weighted by Crippen LogP contribution is 2.17. The molecular weight excluding hydrogens is 230 g/mol. The maximum atomic E-state index is 11.3. The molecule has 1 aromatic rings. The monoisotopic (exact) mass is 251 g/mol. The molecule has 0 radical (unpaired) electrons. The standard InChI is InChI=1S/C14H21NO3/c1-11(16)12-6-8-13(9-7-12)18-10-4-5-14(17)15(2)3/h6-9,11,16H,4-5,10H2,1-3H3/t11-/m1/s1. The topological polar surface area (TPSA) is 49.8 Å². The van der Waals surface area contributed by atoms with E-state index in [9.17, 15) is 9.90 Å². The van der Waals surface area contributed by atoms with Crippen molar-refractivity contribution in [2.75, 3.05) is 20.7 Å². The number of hydrogen-bond acceptors (Lipinski definition) is 3. The molecule has 4 nitrogen and oxygen atoms in total. The molecule has 0 fully saturated rings. The average molecular weight is 251 g/mol. The van der Waals surface area contributed by atoms with Crippen LogP contribution in [0.4, 0.5) is 0 Å². The van der Waals surface area contributed by atoms with Gasteiger partial charge in [-0.1, -0.05) is 12.1 Å². The molecule has 4 heteroatoms. The van der Waals surface area contributed by atoms with Gasteiger partial charge in [-0.05, 0) is 31.0 Å². The Morgan fingerprint density at radius 2 is 1.94 bits per heavy atom. The lowest BCUT2D eigenvalue weighted by Crippen LogP contribution is -2.21. The highest BCUT2D eigenvalue weighted by Gasteiger charge is 2.04. The second-order valence-electron chi connectivity index (χ2n) is 4.49. The van der Waals surface area contributed by atoms with Gasteiger partial charge in [0, 0.05) is 20.5 Å². The van der Waals surface area contributed by atoms with Crippen LogP contribution in [-0.2, 0) is 4.79 Å². The van der Waals surface area contributed by atoms with E-state index in [4.69, 9.17) is 4.74 Å². The first-order valence-corrected chi connectivity index (χ1v) is 6.11. The maximum Gasteiger partial charge on any atom is 0.222 e. The van der Waals surface area contributed by atoms with Crippen LogP contribution in [-0.4, -0.2) is 36.6 Å². The number of aliphatic hydroxyl groups excluding tert-OH is 1. The van der Waals surface area contributed by atoms with Crippen LogP contribution in [0.3, 0.4) is 0 Å². The number of rotatable bonds is 6. The summed E-state index contributed by atoms with van der Waals surface area (Å²) in [7, 11) is 3.50. The van der Waals surface area contributed by atoms with Crippen LogP contribution in [0.1, 0.15) is 31.4 Å². The fraction of sp³-hybridized carbons (Fsp3) is 0.500. The molecule has 1 amide bonds. The largest absolute Gasteiger partial charge is 0.494 e. The SMILES string of the molecule is C[C@@H](O)c1ccc(OCCCC(=O)N(C)C)cc1. The molecule has 1 N–H and O–H groups in total. The average Bonchev–Trinajstić information content (AvgIpc) is 2.34. The van der Waals surface area contributed by atoms with Gasteiger partial charge in [0.25, 0.3) is 0 Å². The number of benzene rings is 1. The Hall–Kier alpha value is -1.55.